The number of carbonyl (C=O) groups is 1. The molecule has 0 aliphatic carbocycles. The molecular weight excluding hydrogens is 414 g/mol. The first-order valence-electron chi connectivity index (χ1n) is 12.1. The topological polar surface area (TPSA) is 53.3 Å². The summed E-state index contributed by atoms with van der Waals surface area (Å²) in [5.74, 6) is 0.670. The van der Waals surface area contributed by atoms with E-state index in [2.05, 4.69) is 14.8 Å². The molecule has 0 unspecified atom stereocenters. The fourth-order valence-electron chi connectivity index (χ4n) is 4.83. The Morgan fingerprint density at radius 3 is 2.42 bits per heavy atom. The van der Waals surface area contributed by atoms with E-state index in [0.717, 1.165) is 56.2 Å². The van der Waals surface area contributed by atoms with Gasteiger partial charge < -0.3 is 18.9 Å². The van der Waals surface area contributed by atoms with Crippen LogP contribution in [0.3, 0.4) is 0 Å². The molecule has 4 heterocycles. The van der Waals surface area contributed by atoms with E-state index < -0.39 is 0 Å². The predicted octanol–water partition coefficient (Wildman–Crippen LogP) is 3.08. The Kier molecular flexibility index (Phi) is 6.60. The summed E-state index contributed by atoms with van der Waals surface area (Å²) in [6.45, 7) is 10.5. The van der Waals surface area contributed by atoms with Gasteiger partial charge in [-0.1, -0.05) is 18.2 Å². The Bertz CT molecular complexity index is 1100. The maximum Gasteiger partial charge on any atom is 0.257 e. The van der Waals surface area contributed by atoms with E-state index in [4.69, 9.17) is 4.74 Å². The SMILES string of the molecule is Cc1cccn2cc(COc3ccccc3C(=O)N3CCN(CCN4CCCC4)CC3)nc12. The number of aromatic nitrogens is 2. The normalized spacial score (nSPS) is 17.7. The van der Waals surface area contributed by atoms with Crippen molar-refractivity contribution < 1.29 is 9.53 Å². The quantitative estimate of drug-likeness (QED) is 0.557. The summed E-state index contributed by atoms with van der Waals surface area (Å²) in [5.41, 5.74) is 3.53. The predicted molar refractivity (Wildman–Crippen MR) is 129 cm³/mol. The van der Waals surface area contributed by atoms with Crippen molar-refractivity contribution in [1.82, 2.24) is 24.1 Å². The molecule has 2 aromatic heterocycles. The molecule has 5 rings (SSSR count). The first-order chi connectivity index (χ1) is 16.2. The van der Waals surface area contributed by atoms with Crippen molar-refractivity contribution in [2.45, 2.75) is 26.4 Å². The van der Waals surface area contributed by atoms with Gasteiger partial charge >= 0.3 is 0 Å². The van der Waals surface area contributed by atoms with Crippen LogP contribution in [-0.4, -0.2) is 82.3 Å². The van der Waals surface area contributed by atoms with Crippen LogP contribution in [0.25, 0.3) is 5.65 Å². The minimum absolute atomic E-state index is 0.0515. The van der Waals surface area contributed by atoms with Crippen LogP contribution in [0.4, 0.5) is 0 Å². The van der Waals surface area contributed by atoms with Crippen LogP contribution in [-0.2, 0) is 6.61 Å². The molecule has 7 nitrogen and oxygen atoms in total. The van der Waals surface area contributed by atoms with Crippen LogP contribution >= 0.6 is 0 Å². The number of ether oxygens (including phenoxy) is 1. The number of para-hydroxylation sites is 1. The summed E-state index contributed by atoms with van der Waals surface area (Å²) >= 11 is 0. The number of hydrogen-bond donors (Lipinski definition) is 0. The molecule has 0 bridgehead atoms. The second kappa shape index (κ2) is 9.93. The molecule has 0 atom stereocenters. The van der Waals surface area contributed by atoms with Crippen LogP contribution in [0.5, 0.6) is 5.75 Å². The maximum absolute atomic E-state index is 13.3. The first kappa shape index (κ1) is 21.9. The highest BCUT2D eigenvalue weighted by molar-refractivity contribution is 5.97. The van der Waals surface area contributed by atoms with Crippen molar-refractivity contribution in [3.05, 3.63) is 65.6 Å². The zero-order chi connectivity index (χ0) is 22.6. The molecule has 33 heavy (non-hydrogen) atoms. The highest BCUT2D eigenvalue weighted by Crippen LogP contribution is 2.22. The number of imidazole rings is 1. The van der Waals surface area contributed by atoms with Crippen molar-refractivity contribution in [2.75, 3.05) is 52.4 Å². The van der Waals surface area contributed by atoms with Crippen LogP contribution in [0.15, 0.2) is 48.8 Å². The summed E-state index contributed by atoms with van der Waals surface area (Å²) in [4.78, 5) is 25.0. The Labute approximate surface area is 195 Å². The van der Waals surface area contributed by atoms with Gasteiger partial charge in [-0.2, -0.15) is 0 Å². The van der Waals surface area contributed by atoms with E-state index in [-0.39, 0.29) is 5.91 Å². The number of likely N-dealkylation sites (tertiary alicyclic amines) is 1. The fraction of sp³-hybridized carbons (Fsp3) is 0.462. The molecule has 7 heteroatoms. The van der Waals surface area contributed by atoms with Gasteiger partial charge in [0.2, 0.25) is 0 Å². The van der Waals surface area contributed by atoms with E-state index in [9.17, 15) is 4.79 Å². The molecule has 1 aromatic carbocycles. The molecular formula is C26H33N5O2. The average Bonchev–Trinajstić information content (AvgIpc) is 3.52. The second-order valence-corrected chi connectivity index (χ2v) is 9.12. The van der Waals surface area contributed by atoms with Gasteiger partial charge in [0.15, 0.2) is 0 Å². The zero-order valence-electron chi connectivity index (χ0n) is 19.4. The minimum atomic E-state index is 0.0515. The van der Waals surface area contributed by atoms with Crippen molar-refractivity contribution in [1.29, 1.82) is 0 Å². The summed E-state index contributed by atoms with van der Waals surface area (Å²) in [6, 6.07) is 11.6. The number of carbonyl (C=O) groups excluding carboxylic acids is 1. The molecule has 0 N–H and O–H groups in total. The van der Waals surface area contributed by atoms with E-state index in [0.29, 0.717) is 17.9 Å². The van der Waals surface area contributed by atoms with Crippen LogP contribution in [0, 0.1) is 6.92 Å². The fourth-order valence-corrected chi connectivity index (χ4v) is 4.83. The smallest absolute Gasteiger partial charge is 0.257 e. The van der Waals surface area contributed by atoms with Gasteiger partial charge in [-0.05, 0) is 56.6 Å². The van der Waals surface area contributed by atoms with E-state index >= 15 is 0 Å². The van der Waals surface area contributed by atoms with Gasteiger partial charge in [-0.3, -0.25) is 9.69 Å². The van der Waals surface area contributed by atoms with Crippen molar-refractivity contribution in [3.8, 4) is 5.75 Å². The number of nitrogens with zero attached hydrogens (tertiary/aromatic N) is 5. The number of hydrogen-bond acceptors (Lipinski definition) is 5. The Balaban J connectivity index is 1.18. The van der Waals surface area contributed by atoms with Crippen molar-refractivity contribution in [3.63, 3.8) is 0 Å². The lowest BCUT2D eigenvalue weighted by molar-refractivity contribution is 0.0622. The van der Waals surface area contributed by atoms with Crippen molar-refractivity contribution in [2.24, 2.45) is 0 Å². The largest absolute Gasteiger partial charge is 0.486 e. The van der Waals surface area contributed by atoms with E-state index in [1.165, 1.54) is 25.9 Å². The van der Waals surface area contributed by atoms with Gasteiger partial charge in [0, 0.05) is 51.7 Å². The van der Waals surface area contributed by atoms with Gasteiger partial charge in [0.05, 0.1) is 11.3 Å². The zero-order valence-corrected chi connectivity index (χ0v) is 19.4. The lowest BCUT2D eigenvalue weighted by Crippen LogP contribution is -2.50. The number of pyridine rings is 1. The number of aryl methyl sites for hydroxylation is 1. The van der Waals surface area contributed by atoms with Gasteiger partial charge in [0.1, 0.15) is 18.0 Å². The Morgan fingerprint density at radius 2 is 1.67 bits per heavy atom. The molecule has 2 saturated heterocycles. The summed E-state index contributed by atoms with van der Waals surface area (Å²) in [6.07, 6.45) is 6.64. The lowest BCUT2D eigenvalue weighted by atomic mass is 10.1. The molecule has 2 aliphatic rings. The van der Waals surface area contributed by atoms with Crippen LogP contribution < -0.4 is 4.74 Å². The number of fused-ring (bicyclic) bond motifs is 1. The Morgan fingerprint density at radius 1 is 0.939 bits per heavy atom. The standard InChI is InChI=1S/C26H33N5O2/c1-21-7-6-12-31-19-22(27-25(21)31)20-33-24-9-3-2-8-23(24)26(32)30-17-15-29(16-18-30)14-13-28-10-4-5-11-28/h2-3,6-9,12,19H,4-5,10-11,13-18,20H2,1H3. The monoisotopic (exact) mass is 447 g/mol. The molecule has 174 valence electrons. The molecule has 1 amide bonds. The maximum atomic E-state index is 13.3. The lowest BCUT2D eigenvalue weighted by Gasteiger charge is -2.35. The third-order valence-corrected chi connectivity index (χ3v) is 6.81. The molecule has 3 aromatic rings. The summed E-state index contributed by atoms with van der Waals surface area (Å²) < 4.78 is 8.09. The summed E-state index contributed by atoms with van der Waals surface area (Å²) in [5, 5.41) is 0. The number of benzene rings is 1. The van der Waals surface area contributed by atoms with E-state index in [1.807, 2.05) is 65.0 Å². The molecule has 0 radical (unpaired) electrons. The van der Waals surface area contributed by atoms with Gasteiger partial charge in [0.25, 0.3) is 5.91 Å². The third kappa shape index (κ3) is 5.04. The van der Waals surface area contributed by atoms with Crippen LogP contribution in [0.2, 0.25) is 0 Å². The molecule has 0 spiro atoms. The van der Waals surface area contributed by atoms with Gasteiger partial charge in [-0.15, -0.1) is 0 Å². The van der Waals surface area contributed by atoms with E-state index in [1.54, 1.807) is 0 Å². The number of rotatable bonds is 7. The highest BCUT2D eigenvalue weighted by Gasteiger charge is 2.25. The minimum Gasteiger partial charge on any atom is -0.486 e. The second-order valence-electron chi connectivity index (χ2n) is 9.12. The van der Waals surface area contributed by atoms with Gasteiger partial charge in [-0.25, -0.2) is 4.98 Å². The number of amides is 1. The first-order valence-corrected chi connectivity index (χ1v) is 12.1. The molecule has 2 fully saturated rings. The van der Waals surface area contributed by atoms with Crippen LogP contribution in [0.1, 0.15) is 34.5 Å². The number of piperazine rings is 1. The molecule has 0 saturated carbocycles. The summed E-state index contributed by atoms with van der Waals surface area (Å²) in [7, 11) is 0. The highest BCUT2D eigenvalue weighted by atomic mass is 16.5. The Hall–Kier alpha value is -2.90. The molecule has 2 aliphatic heterocycles. The average molecular weight is 448 g/mol. The third-order valence-electron chi connectivity index (χ3n) is 6.81. The van der Waals surface area contributed by atoms with Crippen molar-refractivity contribution >= 4 is 11.6 Å².